The highest BCUT2D eigenvalue weighted by molar-refractivity contribution is 5.74. The topological polar surface area (TPSA) is 112 Å². The second-order valence-electron chi connectivity index (χ2n) is 10.2. The highest BCUT2D eigenvalue weighted by atomic mass is 19.1. The van der Waals surface area contributed by atoms with Crippen molar-refractivity contribution in [1.82, 2.24) is 20.9 Å². The summed E-state index contributed by atoms with van der Waals surface area (Å²) in [4.78, 5) is 26.5. The zero-order valence-electron chi connectivity index (χ0n) is 22.3. The lowest BCUT2D eigenvalue weighted by Gasteiger charge is -2.38. The molecule has 0 spiro atoms. The number of carbonyl (C=O) groups excluding carboxylic acids is 2. The predicted octanol–water partition coefficient (Wildman–Crippen LogP) is 3.11. The number of piperidine rings is 1. The molecule has 1 aromatic carbocycles. The fourth-order valence-electron chi connectivity index (χ4n) is 5.60. The van der Waals surface area contributed by atoms with E-state index in [1.165, 1.54) is 19.2 Å². The molecule has 9 nitrogen and oxygen atoms in total. The first-order valence-corrected chi connectivity index (χ1v) is 13.4. The molecular formula is C27H43FN4O5. The van der Waals surface area contributed by atoms with E-state index in [0.717, 1.165) is 49.7 Å². The molecule has 1 saturated carbocycles. The van der Waals surface area contributed by atoms with Gasteiger partial charge in [-0.2, -0.15) is 0 Å². The van der Waals surface area contributed by atoms with Crippen molar-refractivity contribution >= 4 is 12.1 Å². The average Bonchev–Trinajstić information content (AvgIpc) is 3.44. The van der Waals surface area contributed by atoms with Gasteiger partial charge in [0.05, 0.1) is 32.0 Å². The van der Waals surface area contributed by atoms with Gasteiger partial charge in [0.1, 0.15) is 5.82 Å². The number of amides is 3. The van der Waals surface area contributed by atoms with Gasteiger partial charge in [0.25, 0.3) is 0 Å². The number of carbonyl (C=O) groups is 2. The number of methoxy groups -OCH3 is 1. The second-order valence-corrected chi connectivity index (χ2v) is 10.2. The number of nitrogens with one attached hydrogen (secondary N) is 3. The van der Waals surface area contributed by atoms with Crippen molar-refractivity contribution in [2.24, 2.45) is 11.8 Å². The second kappa shape index (κ2) is 14.5. The van der Waals surface area contributed by atoms with Crippen molar-refractivity contribution in [2.45, 2.75) is 63.7 Å². The van der Waals surface area contributed by atoms with Crippen LogP contribution >= 0.6 is 0 Å². The number of alkyl carbamates (subject to hydrolysis) is 1. The summed E-state index contributed by atoms with van der Waals surface area (Å²) in [6.45, 7) is 3.92. The first-order valence-electron chi connectivity index (χ1n) is 13.4. The highest BCUT2D eigenvalue weighted by Crippen LogP contribution is 2.35. The standard InChI is InChI=1S/C27H43FN4O5/c1-18-10-11-21(28)15-22(18)25(37-14-12-30-27(35)36-3)20-9-6-13-32(17-20)26(34)31-23(16-29-2)24(33)19-7-4-5-8-19/h10-11,15,19-20,23-25,29,33H,4-9,12-14,16-17H2,1-3H3,(H,30,35)(H,31,34)/t20-,23?,24?,25-/m1/s1. The summed E-state index contributed by atoms with van der Waals surface area (Å²) < 4.78 is 25.0. The molecule has 0 aromatic heterocycles. The number of nitrogens with zero attached hydrogens (tertiary/aromatic N) is 1. The smallest absolute Gasteiger partial charge is 0.406 e. The Labute approximate surface area is 219 Å². The van der Waals surface area contributed by atoms with Crippen molar-refractivity contribution in [3.63, 3.8) is 0 Å². The van der Waals surface area contributed by atoms with Gasteiger partial charge in [0.2, 0.25) is 0 Å². The molecule has 37 heavy (non-hydrogen) atoms. The minimum absolute atomic E-state index is 0.0550. The van der Waals surface area contributed by atoms with Crippen molar-refractivity contribution in [2.75, 3.05) is 46.9 Å². The summed E-state index contributed by atoms with van der Waals surface area (Å²) in [5, 5.41) is 19.7. The van der Waals surface area contributed by atoms with E-state index in [0.29, 0.717) is 19.6 Å². The van der Waals surface area contributed by atoms with E-state index in [4.69, 9.17) is 4.74 Å². The number of hydrogen-bond donors (Lipinski definition) is 4. The number of benzene rings is 1. The zero-order chi connectivity index (χ0) is 26.8. The van der Waals surface area contributed by atoms with Gasteiger partial charge in [-0.05, 0) is 68.8 Å². The quantitative estimate of drug-likeness (QED) is 0.332. The fourth-order valence-corrected chi connectivity index (χ4v) is 5.60. The molecule has 1 aliphatic carbocycles. The summed E-state index contributed by atoms with van der Waals surface area (Å²) in [6, 6.07) is 4.07. The number of aryl methyl sites for hydroxylation is 1. The van der Waals surface area contributed by atoms with Crippen molar-refractivity contribution in [3.05, 3.63) is 35.1 Å². The number of rotatable bonds is 11. The number of hydrogen-bond acceptors (Lipinski definition) is 6. The molecule has 2 unspecified atom stereocenters. The van der Waals surface area contributed by atoms with Crippen LogP contribution in [0.25, 0.3) is 0 Å². The summed E-state index contributed by atoms with van der Waals surface area (Å²) in [5.41, 5.74) is 1.65. The van der Waals surface area contributed by atoms with E-state index in [-0.39, 0.29) is 42.9 Å². The number of urea groups is 1. The Bertz CT molecular complexity index is 882. The third-order valence-electron chi connectivity index (χ3n) is 7.60. The molecule has 3 amide bonds. The molecule has 4 atom stereocenters. The molecule has 1 heterocycles. The van der Waals surface area contributed by atoms with Crippen LogP contribution in [0.4, 0.5) is 14.0 Å². The molecule has 1 aromatic rings. The maximum absolute atomic E-state index is 14.2. The Kier molecular flexibility index (Phi) is 11.4. The van der Waals surface area contributed by atoms with Crippen LogP contribution in [0.5, 0.6) is 0 Å². The van der Waals surface area contributed by atoms with E-state index in [1.54, 1.807) is 11.0 Å². The maximum atomic E-state index is 14.2. The molecule has 10 heteroatoms. The van der Waals surface area contributed by atoms with Crippen LogP contribution in [0.1, 0.15) is 55.8 Å². The first kappa shape index (κ1) is 29.1. The van der Waals surface area contributed by atoms with E-state index in [9.17, 15) is 19.1 Å². The maximum Gasteiger partial charge on any atom is 0.406 e. The SMILES string of the molecule is CNCC(NC(=O)N1CCC[C@@H]([C@@H](OCCNC(=O)OC)c2cc(F)ccc2C)C1)C(O)C1CCCC1. The van der Waals surface area contributed by atoms with E-state index in [2.05, 4.69) is 20.7 Å². The summed E-state index contributed by atoms with van der Waals surface area (Å²) in [5.74, 6) is -0.191. The highest BCUT2D eigenvalue weighted by Gasteiger charge is 2.35. The van der Waals surface area contributed by atoms with Gasteiger partial charge in [-0.15, -0.1) is 0 Å². The summed E-state index contributed by atoms with van der Waals surface area (Å²) in [7, 11) is 3.11. The van der Waals surface area contributed by atoms with Gasteiger partial charge in [-0.3, -0.25) is 0 Å². The first-order chi connectivity index (χ1) is 17.8. The van der Waals surface area contributed by atoms with Crippen LogP contribution in [-0.4, -0.2) is 81.2 Å². The number of aliphatic hydroxyl groups is 1. The number of ether oxygens (including phenoxy) is 2. The van der Waals surface area contributed by atoms with Gasteiger partial charge >= 0.3 is 12.1 Å². The molecule has 2 fully saturated rings. The Morgan fingerprint density at radius 2 is 1.92 bits per heavy atom. The van der Waals surface area contributed by atoms with E-state index >= 15 is 0 Å². The lowest BCUT2D eigenvalue weighted by molar-refractivity contribution is -0.00970. The number of aliphatic hydroxyl groups excluding tert-OH is 1. The minimum Gasteiger partial charge on any atom is -0.453 e. The lowest BCUT2D eigenvalue weighted by atomic mass is 9.86. The molecule has 2 aliphatic rings. The van der Waals surface area contributed by atoms with Gasteiger partial charge in [-0.25, -0.2) is 14.0 Å². The molecule has 3 rings (SSSR count). The Balaban J connectivity index is 1.69. The predicted molar refractivity (Wildman–Crippen MR) is 139 cm³/mol. The molecular weight excluding hydrogens is 479 g/mol. The van der Waals surface area contributed by atoms with E-state index in [1.807, 2.05) is 14.0 Å². The Morgan fingerprint density at radius 1 is 1.19 bits per heavy atom. The van der Waals surface area contributed by atoms with E-state index < -0.39 is 18.3 Å². The van der Waals surface area contributed by atoms with Gasteiger partial charge in [-0.1, -0.05) is 18.9 Å². The monoisotopic (exact) mass is 522 g/mol. The van der Waals surface area contributed by atoms with Crippen molar-refractivity contribution in [1.29, 1.82) is 0 Å². The van der Waals surface area contributed by atoms with Crippen LogP contribution in [0.2, 0.25) is 0 Å². The van der Waals surface area contributed by atoms with Gasteiger partial charge < -0.3 is 35.4 Å². The largest absolute Gasteiger partial charge is 0.453 e. The van der Waals surface area contributed by atoms with Crippen LogP contribution in [0.3, 0.4) is 0 Å². The Hall–Kier alpha value is -2.43. The van der Waals surface area contributed by atoms with Crippen molar-refractivity contribution < 1.29 is 28.6 Å². The molecule has 0 radical (unpaired) electrons. The summed E-state index contributed by atoms with van der Waals surface area (Å²) in [6.07, 6.45) is 4.24. The molecule has 4 N–H and O–H groups in total. The minimum atomic E-state index is -0.590. The van der Waals surface area contributed by atoms with Crippen molar-refractivity contribution in [3.8, 4) is 0 Å². The molecule has 1 aliphatic heterocycles. The number of halogens is 1. The third kappa shape index (κ3) is 8.28. The zero-order valence-corrected chi connectivity index (χ0v) is 22.3. The van der Waals surface area contributed by atoms with Gasteiger partial charge in [0, 0.05) is 32.1 Å². The van der Waals surface area contributed by atoms with Crippen LogP contribution < -0.4 is 16.0 Å². The van der Waals surface area contributed by atoms with Crippen LogP contribution in [0.15, 0.2) is 18.2 Å². The molecule has 208 valence electrons. The molecule has 0 bridgehead atoms. The average molecular weight is 523 g/mol. The third-order valence-corrected chi connectivity index (χ3v) is 7.60. The fraction of sp³-hybridized carbons (Fsp3) is 0.704. The summed E-state index contributed by atoms with van der Waals surface area (Å²) >= 11 is 0. The van der Waals surface area contributed by atoms with Crippen LogP contribution in [0, 0.1) is 24.6 Å². The number of likely N-dealkylation sites (tertiary alicyclic amines) is 1. The van der Waals surface area contributed by atoms with Gasteiger partial charge in [0.15, 0.2) is 0 Å². The lowest BCUT2D eigenvalue weighted by Crippen LogP contribution is -2.56. The normalized spacial score (nSPS) is 20.8. The molecule has 1 saturated heterocycles. The number of likely N-dealkylation sites (N-methyl/N-ethyl adjacent to an activating group) is 1. The van der Waals surface area contributed by atoms with Crippen LogP contribution in [-0.2, 0) is 9.47 Å². The Morgan fingerprint density at radius 3 is 2.62 bits per heavy atom.